The third-order valence-corrected chi connectivity index (χ3v) is 4.07. The number of hydrogen-bond donors (Lipinski definition) is 2. The van der Waals surface area contributed by atoms with E-state index in [2.05, 4.69) is 10.6 Å². The molecule has 1 atom stereocenters. The monoisotopic (exact) mass is 268 g/mol. The first-order chi connectivity index (χ1) is 8.47. The van der Waals surface area contributed by atoms with E-state index in [1.165, 1.54) is 24.3 Å². The van der Waals surface area contributed by atoms with Crippen LogP contribution in [0.5, 0.6) is 0 Å². The summed E-state index contributed by atoms with van der Waals surface area (Å²) < 4.78 is 22.6. The van der Waals surface area contributed by atoms with E-state index in [1.54, 1.807) is 0 Å². The quantitative estimate of drug-likeness (QED) is 0.820. The van der Waals surface area contributed by atoms with Crippen LogP contribution in [0.2, 0.25) is 0 Å². The van der Waals surface area contributed by atoms with Crippen molar-refractivity contribution in [3.8, 4) is 0 Å². The topological polar surface area (TPSA) is 75.3 Å². The molecule has 1 saturated heterocycles. The molecule has 0 aromatic heterocycles. The van der Waals surface area contributed by atoms with Gasteiger partial charge in [-0.1, -0.05) is 0 Å². The highest BCUT2D eigenvalue weighted by Crippen LogP contribution is 2.10. The Morgan fingerprint density at radius 1 is 1.33 bits per heavy atom. The van der Waals surface area contributed by atoms with Gasteiger partial charge in [-0.25, -0.2) is 8.42 Å². The Morgan fingerprint density at radius 2 is 2.00 bits per heavy atom. The smallest absolute Gasteiger partial charge is 0.251 e. The van der Waals surface area contributed by atoms with Gasteiger partial charge in [0, 0.05) is 24.4 Å². The maximum atomic E-state index is 11.9. The molecule has 2 N–H and O–H groups in total. The zero-order valence-electron chi connectivity index (χ0n) is 10.1. The van der Waals surface area contributed by atoms with E-state index in [0.29, 0.717) is 5.56 Å². The van der Waals surface area contributed by atoms with Gasteiger partial charge in [0.1, 0.15) is 0 Å². The average Bonchev–Trinajstić information content (AvgIpc) is 2.81. The predicted octanol–water partition coefficient (Wildman–Crippen LogP) is 0.182. The summed E-state index contributed by atoms with van der Waals surface area (Å²) in [6.45, 7) is 1.70. The van der Waals surface area contributed by atoms with E-state index >= 15 is 0 Å². The first-order valence-electron chi connectivity index (χ1n) is 5.78. The fourth-order valence-corrected chi connectivity index (χ4v) is 2.53. The predicted molar refractivity (Wildman–Crippen MR) is 68.3 cm³/mol. The van der Waals surface area contributed by atoms with E-state index in [4.69, 9.17) is 0 Å². The Morgan fingerprint density at radius 3 is 2.50 bits per heavy atom. The molecule has 98 valence electrons. The van der Waals surface area contributed by atoms with E-state index in [-0.39, 0.29) is 16.8 Å². The summed E-state index contributed by atoms with van der Waals surface area (Å²) in [6, 6.07) is 6.14. The van der Waals surface area contributed by atoms with Gasteiger partial charge in [0.15, 0.2) is 9.84 Å². The molecule has 1 aromatic rings. The standard InChI is InChI=1S/C12H16N2O3S/c1-18(16,17)11-4-2-9(3-5-11)12(15)14-10-6-7-13-8-10/h2-5,10,13H,6-8H2,1H3,(H,14,15)/t10-/m1/s1. The third-order valence-electron chi connectivity index (χ3n) is 2.94. The number of sulfone groups is 1. The number of amides is 1. The van der Waals surface area contributed by atoms with Gasteiger partial charge in [-0.05, 0) is 37.2 Å². The molecule has 2 rings (SSSR count). The average molecular weight is 268 g/mol. The fourth-order valence-electron chi connectivity index (χ4n) is 1.90. The second-order valence-corrected chi connectivity index (χ2v) is 6.48. The normalized spacial score (nSPS) is 19.7. The Kier molecular flexibility index (Phi) is 3.68. The Hall–Kier alpha value is -1.40. The van der Waals surface area contributed by atoms with Gasteiger partial charge in [-0.15, -0.1) is 0 Å². The third kappa shape index (κ3) is 3.08. The number of rotatable bonds is 3. The lowest BCUT2D eigenvalue weighted by molar-refractivity contribution is 0.0940. The van der Waals surface area contributed by atoms with Gasteiger partial charge in [0.25, 0.3) is 5.91 Å². The molecule has 1 aromatic carbocycles. The number of benzene rings is 1. The van der Waals surface area contributed by atoms with Crippen LogP contribution in [0.3, 0.4) is 0 Å². The zero-order valence-corrected chi connectivity index (χ0v) is 11.0. The van der Waals surface area contributed by atoms with Crippen molar-refractivity contribution in [3.63, 3.8) is 0 Å². The molecule has 0 aliphatic carbocycles. The summed E-state index contributed by atoms with van der Waals surface area (Å²) in [5.41, 5.74) is 0.481. The summed E-state index contributed by atoms with van der Waals surface area (Å²) in [5.74, 6) is -0.163. The second kappa shape index (κ2) is 5.07. The van der Waals surface area contributed by atoms with E-state index in [9.17, 15) is 13.2 Å². The zero-order chi connectivity index (χ0) is 13.2. The first kappa shape index (κ1) is 13.0. The molecule has 1 amide bonds. The molecule has 1 heterocycles. The van der Waals surface area contributed by atoms with Crippen LogP contribution >= 0.6 is 0 Å². The SMILES string of the molecule is CS(=O)(=O)c1ccc(C(=O)N[C@@H]2CCNC2)cc1. The van der Waals surface area contributed by atoms with E-state index in [0.717, 1.165) is 25.8 Å². The van der Waals surface area contributed by atoms with Crippen LogP contribution in [0.25, 0.3) is 0 Å². The van der Waals surface area contributed by atoms with Crippen LogP contribution < -0.4 is 10.6 Å². The largest absolute Gasteiger partial charge is 0.348 e. The highest BCUT2D eigenvalue weighted by molar-refractivity contribution is 7.90. The van der Waals surface area contributed by atoms with Crippen LogP contribution in [0, 0.1) is 0 Å². The van der Waals surface area contributed by atoms with Crippen molar-refractivity contribution in [3.05, 3.63) is 29.8 Å². The first-order valence-corrected chi connectivity index (χ1v) is 7.67. The minimum atomic E-state index is -3.21. The van der Waals surface area contributed by atoms with Crippen molar-refractivity contribution in [2.75, 3.05) is 19.3 Å². The number of carbonyl (C=O) groups is 1. The molecular formula is C12H16N2O3S. The molecule has 6 heteroatoms. The minimum absolute atomic E-state index is 0.159. The molecule has 1 aliphatic rings. The maximum absolute atomic E-state index is 11.9. The lowest BCUT2D eigenvalue weighted by Crippen LogP contribution is -2.36. The molecule has 18 heavy (non-hydrogen) atoms. The molecule has 0 saturated carbocycles. The van der Waals surface area contributed by atoms with Gasteiger partial charge in [-0.3, -0.25) is 4.79 Å². The number of carbonyl (C=O) groups excluding carboxylic acids is 1. The summed E-state index contributed by atoms with van der Waals surface area (Å²) in [4.78, 5) is 12.1. The van der Waals surface area contributed by atoms with Crippen molar-refractivity contribution in [1.82, 2.24) is 10.6 Å². The number of hydrogen-bond acceptors (Lipinski definition) is 4. The van der Waals surface area contributed by atoms with Gasteiger partial charge < -0.3 is 10.6 Å². The summed E-state index contributed by atoms with van der Waals surface area (Å²) in [7, 11) is -3.21. The van der Waals surface area contributed by atoms with Crippen LogP contribution in [-0.2, 0) is 9.84 Å². The van der Waals surface area contributed by atoms with Crippen LogP contribution in [0.15, 0.2) is 29.2 Å². The van der Waals surface area contributed by atoms with Crippen molar-refractivity contribution in [1.29, 1.82) is 0 Å². The van der Waals surface area contributed by atoms with Gasteiger partial charge in [-0.2, -0.15) is 0 Å². The number of nitrogens with one attached hydrogen (secondary N) is 2. The summed E-state index contributed by atoms with van der Waals surface area (Å²) in [5, 5.41) is 6.07. The molecule has 5 nitrogen and oxygen atoms in total. The molecule has 1 aliphatic heterocycles. The lowest BCUT2D eigenvalue weighted by atomic mass is 10.2. The molecule has 0 unspecified atom stereocenters. The van der Waals surface area contributed by atoms with Crippen LogP contribution in [0.1, 0.15) is 16.8 Å². The Balaban J connectivity index is 2.07. The van der Waals surface area contributed by atoms with Gasteiger partial charge in [0.2, 0.25) is 0 Å². The van der Waals surface area contributed by atoms with Gasteiger partial charge in [0.05, 0.1) is 4.90 Å². The van der Waals surface area contributed by atoms with E-state index < -0.39 is 9.84 Å². The molecule has 0 spiro atoms. The summed E-state index contributed by atoms with van der Waals surface area (Å²) in [6.07, 6.45) is 2.07. The summed E-state index contributed by atoms with van der Waals surface area (Å²) >= 11 is 0. The molecule has 0 bridgehead atoms. The lowest BCUT2D eigenvalue weighted by Gasteiger charge is -2.11. The van der Waals surface area contributed by atoms with Crippen LogP contribution in [-0.4, -0.2) is 39.7 Å². The molecule has 1 fully saturated rings. The maximum Gasteiger partial charge on any atom is 0.251 e. The van der Waals surface area contributed by atoms with Crippen molar-refractivity contribution in [2.45, 2.75) is 17.4 Å². The van der Waals surface area contributed by atoms with Crippen LogP contribution in [0.4, 0.5) is 0 Å². The van der Waals surface area contributed by atoms with Crippen molar-refractivity contribution >= 4 is 15.7 Å². The Labute approximate surface area is 107 Å². The molecule has 0 radical (unpaired) electrons. The fraction of sp³-hybridized carbons (Fsp3) is 0.417. The Bertz CT molecular complexity index is 531. The highest BCUT2D eigenvalue weighted by Gasteiger charge is 2.17. The van der Waals surface area contributed by atoms with Crippen molar-refractivity contribution < 1.29 is 13.2 Å². The minimum Gasteiger partial charge on any atom is -0.348 e. The van der Waals surface area contributed by atoms with Gasteiger partial charge >= 0.3 is 0 Å². The molecular weight excluding hydrogens is 252 g/mol. The highest BCUT2D eigenvalue weighted by atomic mass is 32.2. The van der Waals surface area contributed by atoms with E-state index in [1.807, 2.05) is 0 Å². The van der Waals surface area contributed by atoms with Crippen molar-refractivity contribution in [2.24, 2.45) is 0 Å². The second-order valence-electron chi connectivity index (χ2n) is 4.46.